The molecule has 8 nitrogen and oxygen atoms in total. The number of nitrogens with one attached hydrogen (secondary N) is 1. The SMILES string of the molecule is CCc1c(-c2ncc(OC)c(Nc3ccncc3)n2)nn(Cc2ccccc2F)c1O. The first kappa shape index (κ1) is 20.3. The average Bonchev–Trinajstić information content (AvgIpc) is 3.11. The van der Waals surface area contributed by atoms with E-state index in [9.17, 15) is 9.50 Å². The minimum absolute atomic E-state index is 0.0381. The summed E-state index contributed by atoms with van der Waals surface area (Å²) in [5.41, 5.74) is 2.21. The van der Waals surface area contributed by atoms with Gasteiger partial charge in [0.05, 0.1) is 19.9 Å². The van der Waals surface area contributed by atoms with Crippen LogP contribution in [0, 0.1) is 5.82 Å². The van der Waals surface area contributed by atoms with E-state index < -0.39 is 0 Å². The van der Waals surface area contributed by atoms with Gasteiger partial charge < -0.3 is 15.2 Å². The molecule has 0 fully saturated rings. The first-order chi connectivity index (χ1) is 15.1. The summed E-state index contributed by atoms with van der Waals surface area (Å²) in [4.78, 5) is 12.9. The molecule has 1 aromatic carbocycles. The standard InChI is InChI=1S/C22H21FN6O2/c1-3-16-19(28-29(22(16)30)13-14-6-4-5-7-17(14)23)21-25-12-18(31-2)20(27-21)26-15-8-10-24-11-9-15/h4-12,30H,3,13H2,1-2H3,(H,24,25,26,27). The molecule has 0 bridgehead atoms. The largest absolute Gasteiger partial charge is 0.493 e. The fourth-order valence-corrected chi connectivity index (χ4v) is 3.19. The molecule has 3 heterocycles. The molecule has 0 radical (unpaired) electrons. The van der Waals surface area contributed by atoms with Crippen LogP contribution in [0.3, 0.4) is 0 Å². The van der Waals surface area contributed by atoms with E-state index in [0.717, 1.165) is 5.69 Å². The van der Waals surface area contributed by atoms with Gasteiger partial charge in [0.15, 0.2) is 17.4 Å². The van der Waals surface area contributed by atoms with Crippen LogP contribution in [0.5, 0.6) is 11.6 Å². The Hall–Kier alpha value is -4.01. The van der Waals surface area contributed by atoms with Crippen LogP contribution in [0.2, 0.25) is 0 Å². The van der Waals surface area contributed by atoms with Crippen molar-refractivity contribution in [3.8, 4) is 23.1 Å². The third-order valence-corrected chi connectivity index (χ3v) is 4.78. The predicted octanol–water partition coefficient (Wildman–Crippen LogP) is 3.94. The van der Waals surface area contributed by atoms with Crippen LogP contribution in [0.1, 0.15) is 18.1 Å². The summed E-state index contributed by atoms with van der Waals surface area (Å²) >= 11 is 0. The molecule has 0 saturated carbocycles. The number of pyridine rings is 1. The molecule has 0 aliphatic heterocycles. The number of benzene rings is 1. The lowest BCUT2D eigenvalue weighted by atomic mass is 10.1. The molecule has 0 unspecified atom stereocenters. The maximum Gasteiger partial charge on any atom is 0.213 e. The second-order valence-corrected chi connectivity index (χ2v) is 6.72. The Morgan fingerprint density at radius 1 is 1.16 bits per heavy atom. The molecule has 158 valence electrons. The fourth-order valence-electron chi connectivity index (χ4n) is 3.19. The molecule has 2 N–H and O–H groups in total. The van der Waals surface area contributed by atoms with Crippen molar-refractivity contribution >= 4 is 11.5 Å². The van der Waals surface area contributed by atoms with Gasteiger partial charge in [-0.05, 0) is 24.6 Å². The number of halogens is 1. The number of nitrogens with zero attached hydrogens (tertiary/aromatic N) is 5. The Labute approximate surface area is 178 Å². The van der Waals surface area contributed by atoms with Gasteiger partial charge in [-0.1, -0.05) is 25.1 Å². The zero-order chi connectivity index (χ0) is 21.8. The molecular formula is C22H21FN6O2. The molecule has 0 saturated heterocycles. The number of rotatable bonds is 7. The molecule has 0 aliphatic carbocycles. The summed E-state index contributed by atoms with van der Waals surface area (Å²) in [6.07, 6.45) is 5.36. The van der Waals surface area contributed by atoms with Gasteiger partial charge in [-0.15, -0.1) is 0 Å². The number of anilines is 2. The first-order valence-electron chi connectivity index (χ1n) is 9.71. The van der Waals surface area contributed by atoms with E-state index in [1.807, 2.05) is 6.92 Å². The lowest BCUT2D eigenvalue weighted by Gasteiger charge is -2.10. The van der Waals surface area contributed by atoms with Crippen molar-refractivity contribution in [2.75, 3.05) is 12.4 Å². The molecule has 0 aliphatic rings. The monoisotopic (exact) mass is 420 g/mol. The minimum Gasteiger partial charge on any atom is -0.493 e. The van der Waals surface area contributed by atoms with Crippen LogP contribution in [-0.2, 0) is 13.0 Å². The summed E-state index contributed by atoms with van der Waals surface area (Å²) in [5, 5.41) is 18.4. The Bertz CT molecular complexity index is 1200. The number of hydrogen-bond donors (Lipinski definition) is 2. The summed E-state index contributed by atoms with van der Waals surface area (Å²) in [6.45, 7) is 1.98. The average molecular weight is 420 g/mol. The van der Waals surface area contributed by atoms with Gasteiger partial charge in [0.1, 0.15) is 11.5 Å². The van der Waals surface area contributed by atoms with Gasteiger partial charge >= 0.3 is 0 Å². The predicted molar refractivity (Wildman–Crippen MR) is 114 cm³/mol. The van der Waals surface area contributed by atoms with Gasteiger partial charge in [0.2, 0.25) is 5.88 Å². The number of aromatic hydroxyl groups is 1. The van der Waals surface area contributed by atoms with Crippen LogP contribution in [0.25, 0.3) is 11.5 Å². The topological polar surface area (TPSA) is 98.0 Å². The Morgan fingerprint density at radius 2 is 1.94 bits per heavy atom. The van der Waals surface area contributed by atoms with Crippen molar-refractivity contribution in [3.05, 3.63) is 71.9 Å². The third kappa shape index (κ3) is 4.16. The van der Waals surface area contributed by atoms with Crippen LogP contribution in [-0.4, -0.2) is 36.9 Å². The van der Waals surface area contributed by atoms with Crippen molar-refractivity contribution < 1.29 is 14.2 Å². The number of ether oxygens (including phenoxy) is 1. The van der Waals surface area contributed by atoms with Crippen molar-refractivity contribution in [3.63, 3.8) is 0 Å². The Balaban J connectivity index is 1.73. The lowest BCUT2D eigenvalue weighted by molar-refractivity contribution is 0.402. The maximum absolute atomic E-state index is 14.1. The second-order valence-electron chi connectivity index (χ2n) is 6.72. The van der Waals surface area contributed by atoms with E-state index >= 15 is 0 Å². The van der Waals surface area contributed by atoms with Crippen molar-refractivity contribution in [1.29, 1.82) is 0 Å². The maximum atomic E-state index is 14.1. The van der Waals surface area contributed by atoms with Crippen molar-refractivity contribution in [2.24, 2.45) is 0 Å². The van der Waals surface area contributed by atoms with E-state index in [0.29, 0.717) is 40.6 Å². The van der Waals surface area contributed by atoms with Crippen molar-refractivity contribution in [2.45, 2.75) is 19.9 Å². The molecule has 0 atom stereocenters. The second kappa shape index (κ2) is 8.78. The number of methoxy groups -OCH3 is 1. The number of hydrogen-bond acceptors (Lipinski definition) is 7. The number of aromatic nitrogens is 5. The Morgan fingerprint density at radius 3 is 2.65 bits per heavy atom. The fraction of sp³-hybridized carbons (Fsp3) is 0.182. The quantitative estimate of drug-likeness (QED) is 0.467. The van der Waals surface area contributed by atoms with Gasteiger partial charge in [0.25, 0.3) is 0 Å². The normalized spacial score (nSPS) is 10.8. The van der Waals surface area contributed by atoms with Crippen molar-refractivity contribution in [1.82, 2.24) is 24.7 Å². The highest BCUT2D eigenvalue weighted by atomic mass is 19.1. The highest BCUT2D eigenvalue weighted by molar-refractivity contribution is 5.66. The molecule has 4 rings (SSSR count). The molecular weight excluding hydrogens is 399 g/mol. The summed E-state index contributed by atoms with van der Waals surface area (Å²) in [6, 6.07) is 9.99. The van der Waals surface area contributed by atoms with Gasteiger partial charge in [-0.25, -0.2) is 19.0 Å². The van der Waals surface area contributed by atoms with E-state index in [-0.39, 0.29) is 18.2 Å². The molecule has 9 heteroatoms. The van der Waals surface area contributed by atoms with E-state index in [1.165, 1.54) is 24.1 Å². The summed E-state index contributed by atoms with van der Waals surface area (Å²) < 4.78 is 20.8. The smallest absolute Gasteiger partial charge is 0.213 e. The Kier molecular flexibility index (Phi) is 5.74. The lowest BCUT2D eigenvalue weighted by Crippen LogP contribution is -2.04. The minimum atomic E-state index is -0.360. The van der Waals surface area contributed by atoms with Gasteiger partial charge in [0, 0.05) is 29.2 Å². The van der Waals surface area contributed by atoms with E-state index in [2.05, 4.69) is 25.4 Å². The molecule has 0 spiro atoms. The highest BCUT2D eigenvalue weighted by Gasteiger charge is 2.21. The molecule has 3 aromatic heterocycles. The van der Waals surface area contributed by atoms with Crippen LogP contribution < -0.4 is 10.1 Å². The zero-order valence-electron chi connectivity index (χ0n) is 17.1. The van der Waals surface area contributed by atoms with Crippen LogP contribution >= 0.6 is 0 Å². The van der Waals surface area contributed by atoms with Gasteiger partial charge in [-0.3, -0.25) is 4.98 Å². The van der Waals surface area contributed by atoms with Gasteiger partial charge in [-0.2, -0.15) is 5.10 Å². The van der Waals surface area contributed by atoms with Crippen LogP contribution in [0.15, 0.2) is 55.0 Å². The van der Waals surface area contributed by atoms with E-state index in [4.69, 9.17) is 4.74 Å². The van der Waals surface area contributed by atoms with Crippen LogP contribution in [0.4, 0.5) is 15.9 Å². The van der Waals surface area contributed by atoms with E-state index in [1.54, 1.807) is 42.7 Å². The molecule has 31 heavy (non-hydrogen) atoms. The molecule has 4 aromatic rings. The summed E-state index contributed by atoms with van der Waals surface area (Å²) in [5.74, 6) is 0.819. The highest BCUT2D eigenvalue weighted by Crippen LogP contribution is 2.32. The zero-order valence-corrected chi connectivity index (χ0v) is 17.1. The first-order valence-corrected chi connectivity index (χ1v) is 9.71. The molecule has 0 amide bonds. The summed E-state index contributed by atoms with van der Waals surface area (Å²) in [7, 11) is 1.53. The third-order valence-electron chi connectivity index (χ3n) is 4.78.